The lowest BCUT2D eigenvalue weighted by atomic mass is 10.1. The predicted octanol–water partition coefficient (Wildman–Crippen LogP) is 3.84. The number of hydrogen-bond donors (Lipinski definition) is 0. The minimum absolute atomic E-state index is 0.00848. The van der Waals surface area contributed by atoms with Gasteiger partial charge in [0.05, 0.1) is 13.5 Å². The second kappa shape index (κ2) is 8.73. The van der Waals surface area contributed by atoms with Gasteiger partial charge in [-0.15, -0.1) is 10.2 Å². The standard InChI is InChI=1S/C20H22N4O2S/c1-14(2)13-24(18(25)11-15-6-4-8-17(10-15)26-3)20-23-22-19(27-20)16-7-5-9-21-12-16/h4-10,12,14H,11,13H2,1-3H3. The summed E-state index contributed by atoms with van der Waals surface area (Å²) in [6.45, 7) is 4.74. The molecule has 7 heteroatoms. The minimum Gasteiger partial charge on any atom is -0.497 e. The molecule has 3 rings (SSSR count). The maximum absolute atomic E-state index is 13.0. The Morgan fingerprint density at radius 3 is 2.78 bits per heavy atom. The number of pyridine rings is 1. The summed E-state index contributed by atoms with van der Waals surface area (Å²) in [7, 11) is 1.62. The summed E-state index contributed by atoms with van der Waals surface area (Å²) in [5, 5.41) is 9.87. The van der Waals surface area contributed by atoms with Crippen LogP contribution < -0.4 is 9.64 Å². The highest BCUT2D eigenvalue weighted by molar-refractivity contribution is 7.18. The van der Waals surface area contributed by atoms with Gasteiger partial charge >= 0.3 is 0 Å². The van der Waals surface area contributed by atoms with E-state index in [-0.39, 0.29) is 12.3 Å². The monoisotopic (exact) mass is 382 g/mol. The van der Waals surface area contributed by atoms with Crippen molar-refractivity contribution in [1.82, 2.24) is 15.2 Å². The van der Waals surface area contributed by atoms with E-state index < -0.39 is 0 Å². The fraction of sp³-hybridized carbons (Fsp3) is 0.300. The Morgan fingerprint density at radius 1 is 1.22 bits per heavy atom. The summed E-state index contributed by atoms with van der Waals surface area (Å²) < 4.78 is 5.25. The first kappa shape index (κ1) is 19.0. The van der Waals surface area contributed by atoms with Crippen molar-refractivity contribution in [1.29, 1.82) is 0 Å². The molecule has 0 N–H and O–H groups in total. The lowest BCUT2D eigenvalue weighted by Gasteiger charge is -2.21. The maximum Gasteiger partial charge on any atom is 0.233 e. The highest BCUT2D eigenvalue weighted by atomic mass is 32.1. The summed E-state index contributed by atoms with van der Waals surface area (Å²) in [6, 6.07) is 11.4. The van der Waals surface area contributed by atoms with E-state index in [0.29, 0.717) is 17.6 Å². The first-order valence-corrected chi connectivity index (χ1v) is 9.55. The Balaban J connectivity index is 1.83. The van der Waals surface area contributed by atoms with Gasteiger partial charge in [0, 0.05) is 24.5 Å². The number of methoxy groups -OCH3 is 1. The van der Waals surface area contributed by atoms with Crippen LogP contribution in [0, 0.1) is 5.92 Å². The lowest BCUT2D eigenvalue weighted by Crippen LogP contribution is -2.35. The van der Waals surface area contributed by atoms with Crippen LogP contribution in [0.2, 0.25) is 0 Å². The van der Waals surface area contributed by atoms with Gasteiger partial charge in [-0.1, -0.05) is 37.3 Å². The van der Waals surface area contributed by atoms with Crippen molar-refractivity contribution in [2.24, 2.45) is 5.92 Å². The van der Waals surface area contributed by atoms with E-state index in [2.05, 4.69) is 29.0 Å². The molecule has 0 aliphatic carbocycles. The molecule has 0 fully saturated rings. The van der Waals surface area contributed by atoms with Gasteiger partial charge in [-0.2, -0.15) is 0 Å². The molecule has 140 valence electrons. The zero-order chi connectivity index (χ0) is 19.2. The summed E-state index contributed by atoms with van der Waals surface area (Å²) in [5.74, 6) is 1.04. The van der Waals surface area contributed by atoms with Gasteiger partial charge < -0.3 is 4.74 Å². The van der Waals surface area contributed by atoms with Crippen LogP contribution in [-0.4, -0.2) is 34.7 Å². The van der Waals surface area contributed by atoms with Crippen molar-refractivity contribution >= 4 is 22.4 Å². The highest BCUT2D eigenvalue weighted by Crippen LogP contribution is 2.29. The second-order valence-corrected chi connectivity index (χ2v) is 7.51. The van der Waals surface area contributed by atoms with Crippen molar-refractivity contribution in [3.8, 4) is 16.3 Å². The fourth-order valence-corrected chi connectivity index (χ4v) is 3.50. The second-order valence-electron chi connectivity index (χ2n) is 6.56. The van der Waals surface area contributed by atoms with E-state index in [9.17, 15) is 4.79 Å². The van der Waals surface area contributed by atoms with Gasteiger partial charge in [-0.3, -0.25) is 14.7 Å². The van der Waals surface area contributed by atoms with Gasteiger partial charge in [0.15, 0.2) is 5.01 Å². The number of nitrogens with zero attached hydrogens (tertiary/aromatic N) is 4. The zero-order valence-electron chi connectivity index (χ0n) is 15.6. The summed E-state index contributed by atoms with van der Waals surface area (Å²) in [5.41, 5.74) is 1.80. The molecule has 0 aliphatic rings. The molecule has 1 amide bonds. The third kappa shape index (κ3) is 4.89. The van der Waals surface area contributed by atoms with E-state index in [1.807, 2.05) is 36.4 Å². The molecule has 0 saturated carbocycles. The van der Waals surface area contributed by atoms with Crippen LogP contribution in [0.25, 0.3) is 10.6 Å². The molecule has 2 aromatic heterocycles. The van der Waals surface area contributed by atoms with Crippen LogP contribution in [0.1, 0.15) is 19.4 Å². The molecule has 6 nitrogen and oxygen atoms in total. The largest absolute Gasteiger partial charge is 0.497 e. The summed E-state index contributed by atoms with van der Waals surface area (Å²) >= 11 is 1.40. The molecule has 0 aliphatic heterocycles. The van der Waals surface area contributed by atoms with Gasteiger partial charge in [0.1, 0.15) is 5.75 Å². The Kier molecular flexibility index (Phi) is 6.13. The van der Waals surface area contributed by atoms with E-state index >= 15 is 0 Å². The number of aromatic nitrogens is 3. The predicted molar refractivity (Wildman–Crippen MR) is 107 cm³/mol. The summed E-state index contributed by atoms with van der Waals surface area (Å²) in [4.78, 5) is 18.8. The highest BCUT2D eigenvalue weighted by Gasteiger charge is 2.22. The number of ether oxygens (including phenoxy) is 1. The Morgan fingerprint density at radius 2 is 2.07 bits per heavy atom. The van der Waals surface area contributed by atoms with E-state index in [0.717, 1.165) is 21.9 Å². The van der Waals surface area contributed by atoms with E-state index in [4.69, 9.17) is 4.74 Å². The molecule has 0 spiro atoms. The molecular weight excluding hydrogens is 360 g/mol. The summed E-state index contributed by atoms with van der Waals surface area (Å²) in [6.07, 6.45) is 3.75. The van der Waals surface area contributed by atoms with Crippen LogP contribution in [0.4, 0.5) is 5.13 Å². The number of anilines is 1. The zero-order valence-corrected chi connectivity index (χ0v) is 16.4. The average molecular weight is 382 g/mol. The van der Waals surface area contributed by atoms with Crippen LogP contribution in [-0.2, 0) is 11.2 Å². The molecule has 1 aromatic carbocycles. The number of carbonyl (C=O) groups is 1. The Bertz CT molecular complexity index is 896. The average Bonchev–Trinajstić information content (AvgIpc) is 3.16. The number of amides is 1. The first-order valence-electron chi connectivity index (χ1n) is 8.74. The van der Waals surface area contributed by atoms with Crippen molar-refractivity contribution in [3.63, 3.8) is 0 Å². The number of benzene rings is 1. The Labute approximate surface area is 162 Å². The SMILES string of the molecule is COc1cccc(CC(=O)N(CC(C)C)c2nnc(-c3cccnc3)s2)c1. The minimum atomic E-state index is -0.00848. The fourth-order valence-electron chi connectivity index (χ4n) is 2.63. The van der Waals surface area contributed by atoms with Gasteiger partial charge in [0.25, 0.3) is 0 Å². The van der Waals surface area contributed by atoms with Crippen LogP contribution in [0.15, 0.2) is 48.8 Å². The number of rotatable bonds is 7. The van der Waals surface area contributed by atoms with Crippen molar-refractivity contribution in [2.45, 2.75) is 20.3 Å². The van der Waals surface area contributed by atoms with Crippen LogP contribution in [0.3, 0.4) is 0 Å². The molecule has 0 unspecified atom stereocenters. The third-order valence-corrected chi connectivity index (χ3v) is 4.89. The molecule has 2 heterocycles. The molecular formula is C20H22N4O2S. The molecule has 0 atom stereocenters. The topological polar surface area (TPSA) is 68.2 Å². The quantitative estimate of drug-likeness (QED) is 0.621. The smallest absolute Gasteiger partial charge is 0.233 e. The van der Waals surface area contributed by atoms with Gasteiger partial charge in [0.2, 0.25) is 11.0 Å². The molecule has 0 radical (unpaired) electrons. The molecule has 3 aromatic rings. The molecule has 0 bridgehead atoms. The van der Waals surface area contributed by atoms with Crippen molar-refractivity contribution in [2.75, 3.05) is 18.6 Å². The van der Waals surface area contributed by atoms with Crippen molar-refractivity contribution in [3.05, 3.63) is 54.4 Å². The first-order chi connectivity index (χ1) is 13.1. The van der Waals surface area contributed by atoms with Gasteiger partial charge in [-0.25, -0.2) is 0 Å². The normalized spacial score (nSPS) is 10.8. The van der Waals surface area contributed by atoms with E-state index in [1.54, 1.807) is 24.4 Å². The van der Waals surface area contributed by atoms with Crippen LogP contribution in [0.5, 0.6) is 5.75 Å². The third-order valence-electron chi connectivity index (χ3n) is 3.89. The lowest BCUT2D eigenvalue weighted by molar-refractivity contribution is -0.118. The van der Waals surface area contributed by atoms with Crippen LogP contribution >= 0.6 is 11.3 Å². The molecule has 0 saturated heterocycles. The maximum atomic E-state index is 13.0. The molecule has 27 heavy (non-hydrogen) atoms. The van der Waals surface area contributed by atoms with Crippen molar-refractivity contribution < 1.29 is 9.53 Å². The van der Waals surface area contributed by atoms with Gasteiger partial charge in [-0.05, 0) is 35.7 Å². The number of hydrogen-bond acceptors (Lipinski definition) is 6. The van der Waals surface area contributed by atoms with E-state index in [1.165, 1.54) is 11.3 Å². The number of carbonyl (C=O) groups excluding carboxylic acids is 1. The Hall–Kier alpha value is -2.80.